The molecule has 1 aromatic rings. The Labute approximate surface area is 162 Å². The lowest BCUT2D eigenvalue weighted by Gasteiger charge is -2.22. The first kappa shape index (κ1) is 23.0. The van der Waals surface area contributed by atoms with Crippen LogP contribution < -0.4 is 0 Å². The first-order chi connectivity index (χ1) is 12.5. The van der Waals surface area contributed by atoms with Crippen LogP contribution in [0.5, 0.6) is 0 Å². The molecule has 1 rings (SSSR count). The van der Waals surface area contributed by atoms with E-state index >= 15 is 0 Å². The van der Waals surface area contributed by atoms with Gasteiger partial charge in [-0.3, -0.25) is 4.78 Å². The van der Waals surface area contributed by atoms with Crippen LogP contribution in [0, 0.1) is 16.7 Å². The molecule has 0 saturated heterocycles. The Morgan fingerprint density at radius 2 is 1.89 bits per heavy atom. The van der Waals surface area contributed by atoms with E-state index in [4.69, 9.17) is 9.52 Å². The second-order valence-corrected chi connectivity index (χ2v) is 9.32. The van der Waals surface area contributed by atoms with Gasteiger partial charge in [0.05, 0.1) is 12.9 Å². The summed E-state index contributed by atoms with van der Waals surface area (Å²) in [5.41, 5.74) is 0.346. The zero-order chi connectivity index (χ0) is 20.6. The highest BCUT2D eigenvalue weighted by Gasteiger charge is 2.17. The second-order valence-electron chi connectivity index (χ2n) is 7.03. The molecule has 27 heavy (non-hydrogen) atoms. The van der Waals surface area contributed by atoms with Crippen molar-refractivity contribution < 1.29 is 13.5 Å². The summed E-state index contributed by atoms with van der Waals surface area (Å²) >= 11 is 0. The SMILES string of the molecule is CO/C(=C/CC(=N/C=C/c1cc(F)nc(F)c1)N(C)C)CS(=N)C(C)(C)C. The molecule has 5 nitrogen and oxygen atoms in total. The average Bonchev–Trinajstić information content (AvgIpc) is 2.54. The number of aliphatic imine (C=N–C) groups is 1. The monoisotopic (exact) mass is 398 g/mol. The van der Waals surface area contributed by atoms with Crippen LogP contribution in [0.15, 0.2) is 35.2 Å². The number of pyridine rings is 1. The Hall–Kier alpha value is -2.09. The number of halogens is 2. The van der Waals surface area contributed by atoms with Crippen LogP contribution in [0.25, 0.3) is 6.08 Å². The number of nitrogens with one attached hydrogen (secondary N) is 1. The van der Waals surface area contributed by atoms with Gasteiger partial charge in [0.25, 0.3) is 0 Å². The zero-order valence-corrected chi connectivity index (χ0v) is 17.5. The molecule has 0 spiro atoms. The third kappa shape index (κ3) is 8.43. The van der Waals surface area contributed by atoms with Crippen LogP contribution in [0.2, 0.25) is 0 Å². The van der Waals surface area contributed by atoms with Crippen molar-refractivity contribution in [3.8, 4) is 0 Å². The third-order valence-electron chi connectivity index (χ3n) is 3.59. The molecule has 1 atom stereocenters. The molecule has 0 aliphatic heterocycles. The van der Waals surface area contributed by atoms with Crippen LogP contribution in [0.4, 0.5) is 8.78 Å². The van der Waals surface area contributed by atoms with Crippen LogP contribution in [0.3, 0.4) is 0 Å². The van der Waals surface area contributed by atoms with Gasteiger partial charge in [-0.05, 0) is 17.7 Å². The van der Waals surface area contributed by atoms with Crippen LogP contribution in [-0.2, 0) is 15.4 Å². The van der Waals surface area contributed by atoms with Crippen molar-refractivity contribution in [3.63, 3.8) is 0 Å². The Bertz CT molecular complexity index is 732. The summed E-state index contributed by atoms with van der Waals surface area (Å²) in [4.78, 5) is 9.27. The van der Waals surface area contributed by atoms with Crippen molar-refractivity contribution >= 4 is 22.6 Å². The highest BCUT2D eigenvalue weighted by molar-refractivity contribution is 7.87. The Balaban J connectivity index is 2.89. The smallest absolute Gasteiger partial charge is 0.216 e. The van der Waals surface area contributed by atoms with E-state index in [2.05, 4.69) is 9.98 Å². The normalized spacial score (nSPS) is 14.5. The third-order valence-corrected chi connectivity index (χ3v) is 5.64. The largest absolute Gasteiger partial charge is 0.501 e. The maximum absolute atomic E-state index is 13.1. The van der Waals surface area contributed by atoms with Gasteiger partial charge in [0.2, 0.25) is 11.9 Å². The Morgan fingerprint density at radius 3 is 2.37 bits per heavy atom. The zero-order valence-electron chi connectivity index (χ0n) is 16.7. The fourth-order valence-corrected chi connectivity index (χ4v) is 2.86. The minimum Gasteiger partial charge on any atom is -0.501 e. The number of aromatic nitrogens is 1. The summed E-state index contributed by atoms with van der Waals surface area (Å²) in [5, 5.41) is 0. The van der Waals surface area contributed by atoms with E-state index in [1.54, 1.807) is 7.11 Å². The predicted molar refractivity (Wildman–Crippen MR) is 109 cm³/mol. The minimum atomic E-state index is -0.872. The fourth-order valence-electron chi connectivity index (χ4n) is 1.90. The molecule has 0 fully saturated rings. The summed E-state index contributed by atoms with van der Waals surface area (Å²) < 4.78 is 39.8. The molecule has 0 amide bonds. The first-order valence-corrected chi connectivity index (χ1v) is 9.81. The van der Waals surface area contributed by atoms with Gasteiger partial charge in [0, 0.05) is 43.6 Å². The highest BCUT2D eigenvalue weighted by Crippen LogP contribution is 2.16. The lowest BCUT2D eigenvalue weighted by molar-refractivity contribution is 0.294. The summed E-state index contributed by atoms with van der Waals surface area (Å²) in [6.45, 7) is 6.12. The molecular formula is C19H28F2N4OS. The molecule has 0 aliphatic rings. The van der Waals surface area contributed by atoms with E-state index in [0.717, 1.165) is 23.7 Å². The van der Waals surface area contributed by atoms with E-state index in [1.807, 2.05) is 45.8 Å². The maximum Gasteiger partial charge on any atom is 0.216 e. The number of methoxy groups -OCH3 is 1. The maximum atomic E-state index is 13.1. The predicted octanol–water partition coefficient (Wildman–Crippen LogP) is 4.39. The summed E-state index contributed by atoms with van der Waals surface area (Å²) in [6, 6.07) is 2.27. The van der Waals surface area contributed by atoms with E-state index in [-0.39, 0.29) is 4.75 Å². The molecule has 1 N–H and O–H groups in total. The van der Waals surface area contributed by atoms with Gasteiger partial charge < -0.3 is 9.64 Å². The molecular weight excluding hydrogens is 370 g/mol. The van der Waals surface area contributed by atoms with Crippen molar-refractivity contribution in [2.45, 2.75) is 31.9 Å². The highest BCUT2D eigenvalue weighted by atomic mass is 32.2. The molecule has 0 bridgehead atoms. The summed E-state index contributed by atoms with van der Waals surface area (Å²) in [7, 11) is 4.76. The number of nitrogens with zero attached hydrogens (tertiary/aromatic N) is 3. The van der Waals surface area contributed by atoms with Crippen LogP contribution in [0.1, 0.15) is 32.8 Å². The van der Waals surface area contributed by atoms with Gasteiger partial charge in [0.1, 0.15) is 11.6 Å². The quantitative estimate of drug-likeness (QED) is 0.321. The van der Waals surface area contributed by atoms with Crippen molar-refractivity contribution in [3.05, 3.63) is 47.6 Å². The van der Waals surface area contributed by atoms with E-state index < -0.39 is 22.6 Å². The van der Waals surface area contributed by atoms with Crippen LogP contribution in [-0.4, -0.2) is 47.4 Å². The van der Waals surface area contributed by atoms with Gasteiger partial charge in [-0.15, -0.1) is 0 Å². The van der Waals surface area contributed by atoms with Gasteiger partial charge in [-0.1, -0.05) is 31.5 Å². The van der Waals surface area contributed by atoms with Gasteiger partial charge >= 0.3 is 0 Å². The molecule has 150 valence electrons. The lowest BCUT2D eigenvalue weighted by Crippen LogP contribution is -2.24. The number of hydrogen-bond donors (Lipinski definition) is 1. The van der Waals surface area contributed by atoms with E-state index in [0.29, 0.717) is 17.7 Å². The van der Waals surface area contributed by atoms with Gasteiger partial charge in [-0.2, -0.15) is 13.8 Å². The molecule has 1 heterocycles. The summed E-state index contributed by atoms with van der Waals surface area (Å²) in [6.07, 6.45) is 5.44. The fraction of sp³-hybridized carbons (Fsp3) is 0.474. The molecule has 1 unspecified atom stereocenters. The molecule has 0 radical (unpaired) electrons. The molecule has 8 heteroatoms. The molecule has 0 saturated carbocycles. The number of ether oxygens (including phenoxy) is 1. The lowest BCUT2D eigenvalue weighted by atomic mass is 10.2. The van der Waals surface area contributed by atoms with E-state index in [1.165, 1.54) is 12.3 Å². The van der Waals surface area contributed by atoms with Crippen molar-refractivity contribution in [1.29, 1.82) is 4.78 Å². The topological polar surface area (TPSA) is 61.6 Å². The Morgan fingerprint density at radius 1 is 1.30 bits per heavy atom. The Kier molecular flexibility index (Phi) is 8.75. The number of hydrogen-bond acceptors (Lipinski definition) is 4. The van der Waals surface area contributed by atoms with Crippen molar-refractivity contribution in [1.82, 2.24) is 9.88 Å². The molecule has 1 aromatic heterocycles. The average molecular weight is 399 g/mol. The second kappa shape index (κ2) is 10.3. The number of rotatable bonds is 7. The number of amidine groups is 1. The van der Waals surface area contributed by atoms with Crippen LogP contribution >= 0.6 is 0 Å². The first-order valence-electron chi connectivity index (χ1n) is 8.42. The summed E-state index contributed by atoms with van der Waals surface area (Å²) in [5.74, 6) is 0.301. The van der Waals surface area contributed by atoms with Crippen molar-refractivity contribution in [2.24, 2.45) is 4.99 Å². The van der Waals surface area contributed by atoms with E-state index in [9.17, 15) is 8.78 Å². The van der Waals surface area contributed by atoms with Gasteiger partial charge in [0.15, 0.2) is 0 Å². The molecule has 0 aromatic carbocycles. The minimum absolute atomic E-state index is 0.103. The van der Waals surface area contributed by atoms with Gasteiger partial charge in [-0.25, -0.2) is 4.99 Å². The van der Waals surface area contributed by atoms with Crippen molar-refractivity contribution in [2.75, 3.05) is 27.0 Å². The standard InChI is InChI=1S/C19H28F2N4OS/c1-19(2,3)27(22)13-15(26-6)7-8-18(25(4)5)23-10-9-14-11-16(20)24-17(21)12-14/h7,9-12,22H,8,13H2,1-6H3/b10-9+,15-7+,23-18?. The molecule has 0 aliphatic carbocycles.